The molecule has 1 rings (SSSR count). The van der Waals surface area contributed by atoms with Gasteiger partial charge in [0.25, 0.3) is 0 Å². The summed E-state index contributed by atoms with van der Waals surface area (Å²) >= 11 is 3.17. The van der Waals surface area contributed by atoms with Crippen LogP contribution in [0.1, 0.15) is 23.2 Å². The highest BCUT2D eigenvalue weighted by Gasteiger charge is 2.12. The number of carbonyl (C=O) groups is 2. The number of anilines is 1. The molecule has 0 saturated heterocycles. The summed E-state index contributed by atoms with van der Waals surface area (Å²) in [5.41, 5.74) is 0.302. The highest BCUT2D eigenvalue weighted by Crippen LogP contribution is 2.21. The third kappa shape index (κ3) is 3.93. The van der Waals surface area contributed by atoms with Gasteiger partial charge in [0.05, 0.1) is 11.3 Å². The Morgan fingerprint density at radius 1 is 1.47 bits per heavy atom. The van der Waals surface area contributed by atoms with Crippen molar-refractivity contribution >= 4 is 33.5 Å². The van der Waals surface area contributed by atoms with E-state index >= 15 is 0 Å². The average Bonchev–Trinajstić information content (AvgIpc) is 2.28. The molecule has 5 heteroatoms. The summed E-state index contributed by atoms with van der Waals surface area (Å²) in [4.78, 5) is 22.4. The zero-order valence-electron chi connectivity index (χ0n) is 8.87. The Morgan fingerprint density at radius 3 is 2.76 bits per heavy atom. The van der Waals surface area contributed by atoms with E-state index in [-0.39, 0.29) is 23.6 Å². The molecule has 0 aliphatic carbocycles. The molecule has 0 spiro atoms. The molecule has 17 heavy (non-hydrogen) atoms. The Bertz CT molecular complexity index is 491. The molecule has 0 bridgehead atoms. The molecule has 2 N–H and O–H groups in total. The number of carbonyl (C=O) groups excluding carboxylic acids is 1. The summed E-state index contributed by atoms with van der Waals surface area (Å²) < 4.78 is 0.636. The van der Waals surface area contributed by atoms with Gasteiger partial charge in [0.15, 0.2) is 0 Å². The maximum absolute atomic E-state index is 11.4. The Morgan fingerprint density at radius 2 is 2.18 bits per heavy atom. The van der Waals surface area contributed by atoms with E-state index in [4.69, 9.17) is 11.5 Å². The molecule has 1 aromatic carbocycles. The molecule has 0 heterocycles. The summed E-state index contributed by atoms with van der Waals surface area (Å²) in [6.07, 6.45) is 5.53. The topological polar surface area (TPSA) is 66.4 Å². The highest BCUT2D eigenvalue weighted by atomic mass is 79.9. The van der Waals surface area contributed by atoms with Gasteiger partial charge in [-0.15, -0.1) is 12.3 Å². The first-order valence-electron chi connectivity index (χ1n) is 4.80. The van der Waals surface area contributed by atoms with Crippen LogP contribution >= 0.6 is 15.9 Å². The lowest BCUT2D eigenvalue weighted by Gasteiger charge is -2.08. The summed E-state index contributed by atoms with van der Waals surface area (Å²) in [5.74, 6) is 0.949. The molecule has 0 atom stereocenters. The van der Waals surface area contributed by atoms with Crippen LogP contribution < -0.4 is 5.32 Å². The van der Waals surface area contributed by atoms with Crippen molar-refractivity contribution in [3.63, 3.8) is 0 Å². The van der Waals surface area contributed by atoms with Gasteiger partial charge in [0.1, 0.15) is 0 Å². The molecule has 88 valence electrons. The van der Waals surface area contributed by atoms with Gasteiger partial charge >= 0.3 is 5.97 Å². The molecule has 1 aromatic rings. The summed E-state index contributed by atoms with van der Waals surface area (Å²) in [6.45, 7) is 0. The summed E-state index contributed by atoms with van der Waals surface area (Å²) in [6, 6.07) is 4.61. The third-order valence-electron chi connectivity index (χ3n) is 1.98. The maximum atomic E-state index is 11.4. The monoisotopic (exact) mass is 295 g/mol. The maximum Gasteiger partial charge on any atom is 0.337 e. The van der Waals surface area contributed by atoms with E-state index in [1.807, 2.05) is 0 Å². The number of rotatable bonds is 4. The van der Waals surface area contributed by atoms with Gasteiger partial charge in [-0.1, -0.05) is 15.9 Å². The molecular weight excluding hydrogens is 286 g/mol. The minimum atomic E-state index is -1.10. The quantitative estimate of drug-likeness (QED) is 0.839. The van der Waals surface area contributed by atoms with Crippen molar-refractivity contribution in [1.29, 1.82) is 0 Å². The number of nitrogens with one attached hydrogen (secondary N) is 1. The van der Waals surface area contributed by atoms with Gasteiger partial charge in [-0.2, -0.15) is 0 Å². The number of aromatic carboxylic acids is 1. The Kier molecular flexibility index (Phi) is 4.73. The van der Waals surface area contributed by atoms with Crippen molar-refractivity contribution in [2.45, 2.75) is 12.8 Å². The standard InChI is InChI=1S/C12H10BrNO3/c1-2-3-4-11(15)14-10-6-5-8(13)7-9(10)12(16)17/h1,5-7H,3-4H2,(H,14,15)(H,16,17). The summed E-state index contributed by atoms with van der Waals surface area (Å²) in [5, 5.41) is 11.5. The van der Waals surface area contributed by atoms with E-state index in [1.54, 1.807) is 6.07 Å². The van der Waals surface area contributed by atoms with Gasteiger partial charge in [0.2, 0.25) is 5.91 Å². The van der Waals surface area contributed by atoms with E-state index in [0.717, 1.165) is 0 Å². The first kappa shape index (κ1) is 13.3. The fourth-order valence-corrected chi connectivity index (χ4v) is 1.56. The van der Waals surface area contributed by atoms with E-state index in [2.05, 4.69) is 27.2 Å². The minimum Gasteiger partial charge on any atom is -0.478 e. The Balaban J connectivity index is 2.87. The number of hydrogen-bond donors (Lipinski definition) is 2. The summed E-state index contributed by atoms with van der Waals surface area (Å²) in [7, 11) is 0. The van der Waals surface area contributed by atoms with Gasteiger partial charge in [-0.25, -0.2) is 4.79 Å². The number of halogens is 1. The molecule has 0 fully saturated rings. The lowest BCUT2D eigenvalue weighted by atomic mass is 10.1. The van der Waals surface area contributed by atoms with Crippen molar-refractivity contribution in [2.75, 3.05) is 5.32 Å². The lowest BCUT2D eigenvalue weighted by Crippen LogP contribution is -2.14. The first-order chi connectivity index (χ1) is 8.04. The van der Waals surface area contributed by atoms with Crippen LogP contribution in [0.2, 0.25) is 0 Å². The number of benzene rings is 1. The molecule has 0 aromatic heterocycles. The Hall–Kier alpha value is -1.80. The fraction of sp³-hybridized carbons (Fsp3) is 0.167. The third-order valence-corrected chi connectivity index (χ3v) is 2.48. The van der Waals surface area contributed by atoms with Crippen LogP contribution in [0.3, 0.4) is 0 Å². The van der Waals surface area contributed by atoms with Crippen LogP contribution in [-0.2, 0) is 4.79 Å². The second-order valence-electron chi connectivity index (χ2n) is 3.25. The predicted molar refractivity (Wildman–Crippen MR) is 67.8 cm³/mol. The number of carboxylic acid groups (broad SMARTS) is 1. The van der Waals surface area contributed by atoms with Gasteiger partial charge in [-0.05, 0) is 18.2 Å². The smallest absolute Gasteiger partial charge is 0.337 e. The number of amides is 1. The Labute approximate surface area is 107 Å². The van der Waals surface area contributed by atoms with Crippen molar-refractivity contribution in [1.82, 2.24) is 0 Å². The fourth-order valence-electron chi connectivity index (χ4n) is 1.20. The van der Waals surface area contributed by atoms with Crippen LogP contribution in [-0.4, -0.2) is 17.0 Å². The van der Waals surface area contributed by atoms with Crippen molar-refractivity contribution in [3.8, 4) is 12.3 Å². The van der Waals surface area contributed by atoms with Crippen LogP contribution in [0.15, 0.2) is 22.7 Å². The number of hydrogen-bond acceptors (Lipinski definition) is 2. The lowest BCUT2D eigenvalue weighted by molar-refractivity contribution is -0.116. The molecule has 0 aliphatic rings. The predicted octanol–water partition coefficient (Wildman–Crippen LogP) is 2.50. The van der Waals surface area contributed by atoms with Crippen molar-refractivity contribution in [2.24, 2.45) is 0 Å². The molecular formula is C12H10BrNO3. The van der Waals surface area contributed by atoms with Crippen LogP contribution in [0, 0.1) is 12.3 Å². The van der Waals surface area contributed by atoms with E-state index in [9.17, 15) is 9.59 Å². The van der Waals surface area contributed by atoms with E-state index < -0.39 is 5.97 Å². The molecule has 0 radical (unpaired) electrons. The van der Waals surface area contributed by atoms with E-state index in [1.165, 1.54) is 12.1 Å². The highest BCUT2D eigenvalue weighted by molar-refractivity contribution is 9.10. The van der Waals surface area contributed by atoms with Crippen molar-refractivity contribution in [3.05, 3.63) is 28.2 Å². The average molecular weight is 296 g/mol. The van der Waals surface area contributed by atoms with E-state index in [0.29, 0.717) is 10.9 Å². The molecule has 0 saturated carbocycles. The first-order valence-corrected chi connectivity index (χ1v) is 5.60. The zero-order valence-corrected chi connectivity index (χ0v) is 10.5. The largest absolute Gasteiger partial charge is 0.478 e. The van der Waals surface area contributed by atoms with Crippen LogP contribution in [0.5, 0.6) is 0 Å². The van der Waals surface area contributed by atoms with Gasteiger partial charge in [0, 0.05) is 17.3 Å². The number of terminal acetylenes is 1. The molecule has 1 amide bonds. The molecule has 0 aliphatic heterocycles. The van der Waals surface area contributed by atoms with Gasteiger partial charge in [-0.3, -0.25) is 4.79 Å². The van der Waals surface area contributed by atoms with Gasteiger partial charge < -0.3 is 10.4 Å². The number of carboxylic acids is 1. The second kappa shape index (κ2) is 6.06. The van der Waals surface area contributed by atoms with Crippen LogP contribution in [0.4, 0.5) is 5.69 Å². The minimum absolute atomic E-state index is 0.0356. The molecule has 4 nitrogen and oxygen atoms in total. The molecule has 0 unspecified atom stereocenters. The SMILES string of the molecule is C#CCCC(=O)Nc1ccc(Br)cc1C(=O)O. The normalized spacial score (nSPS) is 9.41. The second-order valence-corrected chi connectivity index (χ2v) is 4.16. The zero-order chi connectivity index (χ0) is 12.8. The van der Waals surface area contributed by atoms with Crippen LogP contribution in [0.25, 0.3) is 0 Å². The van der Waals surface area contributed by atoms with Crippen molar-refractivity contribution < 1.29 is 14.7 Å².